The van der Waals surface area contributed by atoms with Crippen LogP contribution in [0.4, 0.5) is 5.69 Å². The van der Waals surface area contributed by atoms with Gasteiger partial charge in [-0.3, -0.25) is 13.9 Å². The molecule has 0 aliphatic carbocycles. The van der Waals surface area contributed by atoms with Crippen LogP contribution in [0.5, 0.6) is 0 Å². The lowest BCUT2D eigenvalue weighted by Gasteiger charge is -2.18. The van der Waals surface area contributed by atoms with Gasteiger partial charge in [0.25, 0.3) is 5.91 Å². The van der Waals surface area contributed by atoms with Crippen molar-refractivity contribution in [2.75, 3.05) is 24.2 Å². The van der Waals surface area contributed by atoms with Crippen molar-refractivity contribution in [1.29, 1.82) is 0 Å². The van der Waals surface area contributed by atoms with E-state index in [2.05, 4.69) is 5.32 Å². The second-order valence-electron chi connectivity index (χ2n) is 5.85. The minimum atomic E-state index is -3.54. The number of carbonyl (C=O) groups excluding carboxylic acids is 2. The van der Waals surface area contributed by atoms with E-state index in [1.807, 2.05) is 30.3 Å². The summed E-state index contributed by atoms with van der Waals surface area (Å²) < 4.78 is 24.5. The van der Waals surface area contributed by atoms with Gasteiger partial charge in [-0.05, 0) is 30.2 Å². The molecule has 8 heteroatoms. The van der Waals surface area contributed by atoms with Crippen molar-refractivity contribution >= 4 is 27.5 Å². The molecule has 26 heavy (non-hydrogen) atoms. The van der Waals surface area contributed by atoms with Gasteiger partial charge in [-0.15, -0.1) is 0 Å². The van der Waals surface area contributed by atoms with E-state index in [1.165, 1.54) is 25.2 Å². The molecule has 2 aromatic rings. The number of nitrogens with two attached hydrogens (primary N) is 1. The number of nitrogens with zero attached hydrogens (tertiary/aromatic N) is 1. The van der Waals surface area contributed by atoms with E-state index in [-0.39, 0.29) is 16.8 Å². The van der Waals surface area contributed by atoms with Crippen molar-refractivity contribution in [3.63, 3.8) is 0 Å². The molecule has 2 amide bonds. The van der Waals surface area contributed by atoms with E-state index in [1.54, 1.807) is 0 Å². The Hall–Kier alpha value is -2.87. The molecule has 138 valence electrons. The Balaban J connectivity index is 2.20. The fraction of sp³-hybridized carbons (Fsp3) is 0.222. The molecule has 0 saturated carbocycles. The van der Waals surface area contributed by atoms with Gasteiger partial charge in [0.1, 0.15) is 0 Å². The first-order valence-electron chi connectivity index (χ1n) is 7.89. The molecular formula is C18H21N3O4S. The van der Waals surface area contributed by atoms with Gasteiger partial charge in [0.2, 0.25) is 15.9 Å². The molecule has 0 fully saturated rings. The smallest absolute Gasteiger partial charge is 0.251 e. The molecule has 2 rings (SSSR count). The second-order valence-corrected chi connectivity index (χ2v) is 7.87. The number of sulfonamides is 1. The normalized spacial score (nSPS) is 11.0. The lowest BCUT2D eigenvalue weighted by atomic mass is 10.1. The molecule has 7 nitrogen and oxygen atoms in total. The highest BCUT2D eigenvalue weighted by Crippen LogP contribution is 2.20. The lowest BCUT2D eigenvalue weighted by Crippen LogP contribution is -2.28. The number of carbonyl (C=O) groups is 2. The standard InChI is InChI=1S/C18H21N3O4S/c1-21(26(2,24)25)16-11-14(17(19)22)10-15(12-16)18(23)20-9-8-13-6-4-3-5-7-13/h3-7,10-12H,8-9H2,1-2H3,(H2,19,22)(H,20,23). The fourth-order valence-electron chi connectivity index (χ4n) is 2.32. The predicted molar refractivity (Wildman–Crippen MR) is 101 cm³/mol. The van der Waals surface area contributed by atoms with Crippen molar-refractivity contribution in [3.05, 3.63) is 65.2 Å². The first-order valence-corrected chi connectivity index (χ1v) is 9.74. The van der Waals surface area contributed by atoms with Crippen molar-refractivity contribution in [1.82, 2.24) is 5.32 Å². The van der Waals surface area contributed by atoms with Crippen molar-refractivity contribution < 1.29 is 18.0 Å². The fourth-order valence-corrected chi connectivity index (χ4v) is 2.81. The third-order valence-electron chi connectivity index (χ3n) is 3.87. The summed E-state index contributed by atoms with van der Waals surface area (Å²) in [6.45, 7) is 0.404. The van der Waals surface area contributed by atoms with E-state index >= 15 is 0 Å². The lowest BCUT2D eigenvalue weighted by molar-refractivity contribution is 0.0954. The first-order chi connectivity index (χ1) is 12.2. The monoisotopic (exact) mass is 375 g/mol. The number of rotatable bonds is 7. The summed E-state index contributed by atoms with van der Waals surface area (Å²) in [5.74, 6) is -1.15. The largest absolute Gasteiger partial charge is 0.366 e. The van der Waals surface area contributed by atoms with Gasteiger partial charge >= 0.3 is 0 Å². The maximum atomic E-state index is 12.4. The Kier molecular flexibility index (Phi) is 5.99. The van der Waals surface area contributed by atoms with Crippen LogP contribution in [0.3, 0.4) is 0 Å². The van der Waals surface area contributed by atoms with Crippen LogP contribution in [-0.4, -0.2) is 40.1 Å². The summed E-state index contributed by atoms with van der Waals surface area (Å²) in [6, 6.07) is 13.8. The summed E-state index contributed by atoms with van der Waals surface area (Å²) in [7, 11) is -2.20. The third-order valence-corrected chi connectivity index (χ3v) is 5.07. The molecule has 0 bridgehead atoms. The highest BCUT2D eigenvalue weighted by Gasteiger charge is 2.17. The first kappa shape index (κ1) is 19.5. The van der Waals surface area contributed by atoms with Crippen LogP contribution < -0.4 is 15.4 Å². The van der Waals surface area contributed by atoms with E-state index in [4.69, 9.17) is 5.73 Å². The molecule has 3 N–H and O–H groups in total. The van der Waals surface area contributed by atoms with Gasteiger partial charge in [0, 0.05) is 24.7 Å². The van der Waals surface area contributed by atoms with E-state index in [9.17, 15) is 18.0 Å². The summed E-state index contributed by atoms with van der Waals surface area (Å²) >= 11 is 0. The van der Waals surface area contributed by atoms with Gasteiger partial charge in [-0.1, -0.05) is 30.3 Å². The minimum absolute atomic E-state index is 0.0613. The number of amides is 2. The number of anilines is 1. The van der Waals surface area contributed by atoms with Gasteiger partial charge in [0.05, 0.1) is 11.9 Å². The average Bonchev–Trinajstić information content (AvgIpc) is 2.60. The molecule has 0 aliphatic rings. The molecule has 0 unspecified atom stereocenters. The number of nitrogens with one attached hydrogen (secondary N) is 1. The minimum Gasteiger partial charge on any atom is -0.366 e. The highest BCUT2D eigenvalue weighted by atomic mass is 32.2. The van der Waals surface area contributed by atoms with Crippen LogP contribution in [0.25, 0.3) is 0 Å². The summed E-state index contributed by atoms with van der Waals surface area (Å²) in [5, 5.41) is 2.76. The summed E-state index contributed by atoms with van der Waals surface area (Å²) in [6.07, 6.45) is 1.68. The summed E-state index contributed by atoms with van der Waals surface area (Å²) in [4.78, 5) is 23.9. The Bertz CT molecular complexity index is 911. The Morgan fingerprint density at radius 1 is 1.08 bits per heavy atom. The highest BCUT2D eigenvalue weighted by molar-refractivity contribution is 7.92. The van der Waals surface area contributed by atoms with Crippen LogP contribution in [-0.2, 0) is 16.4 Å². The zero-order valence-corrected chi connectivity index (χ0v) is 15.4. The zero-order chi connectivity index (χ0) is 19.3. The maximum Gasteiger partial charge on any atom is 0.251 e. The molecule has 0 radical (unpaired) electrons. The molecule has 0 aliphatic heterocycles. The molecule has 0 aromatic heterocycles. The quantitative estimate of drug-likeness (QED) is 0.756. The Morgan fingerprint density at radius 2 is 1.69 bits per heavy atom. The van der Waals surface area contributed by atoms with Gasteiger partial charge < -0.3 is 11.1 Å². The topological polar surface area (TPSA) is 110 Å². The molecular weight excluding hydrogens is 354 g/mol. The second kappa shape index (κ2) is 8.01. The number of primary amides is 1. The van der Waals surface area contributed by atoms with Crippen LogP contribution in [0.1, 0.15) is 26.3 Å². The maximum absolute atomic E-state index is 12.4. The van der Waals surface area contributed by atoms with Crippen LogP contribution in [0, 0.1) is 0 Å². The van der Waals surface area contributed by atoms with Crippen molar-refractivity contribution in [2.24, 2.45) is 5.73 Å². The van der Waals surface area contributed by atoms with E-state index in [0.717, 1.165) is 16.1 Å². The number of hydrogen-bond acceptors (Lipinski definition) is 4. The van der Waals surface area contributed by atoms with Crippen LogP contribution in [0.15, 0.2) is 48.5 Å². The predicted octanol–water partition coefficient (Wildman–Crippen LogP) is 1.15. The van der Waals surface area contributed by atoms with E-state index in [0.29, 0.717) is 13.0 Å². The molecule has 0 heterocycles. The van der Waals surface area contributed by atoms with Gasteiger partial charge in [-0.25, -0.2) is 8.42 Å². The van der Waals surface area contributed by atoms with Crippen LogP contribution >= 0.6 is 0 Å². The Morgan fingerprint density at radius 3 is 2.27 bits per heavy atom. The number of hydrogen-bond donors (Lipinski definition) is 2. The molecule has 0 atom stereocenters. The SMILES string of the molecule is CN(c1cc(C(N)=O)cc(C(=O)NCCc2ccccc2)c1)S(C)(=O)=O. The van der Waals surface area contributed by atoms with Gasteiger partial charge in [0.15, 0.2) is 0 Å². The average molecular weight is 375 g/mol. The number of benzene rings is 2. The zero-order valence-electron chi connectivity index (χ0n) is 14.6. The van der Waals surface area contributed by atoms with Crippen LogP contribution in [0.2, 0.25) is 0 Å². The van der Waals surface area contributed by atoms with Gasteiger partial charge in [-0.2, -0.15) is 0 Å². The molecule has 0 spiro atoms. The Labute approximate surface area is 152 Å². The van der Waals surface area contributed by atoms with Crippen molar-refractivity contribution in [3.8, 4) is 0 Å². The molecule has 2 aromatic carbocycles. The third kappa shape index (κ3) is 5.06. The summed E-state index contributed by atoms with van der Waals surface area (Å²) in [5.41, 5.74) is 6.80. The van der Waals surface area contributed by atoms with Crippen molar-refractivity contribution in [2.45, 2.75) is 6.42 Å². The van der Waals surface area contributed by atoms with E-state index < -0.39 is 21.8 Å². The molecule has 0 saturated heterocycles.